The Morgan fingerprint density at radius 1 is 1.39 bits per heavy atom. The van der Waals surface area contributed by atoms with Gasteiger partial charge in [-0.15, -0.1) is 0 Å². The molecule has 5 nitrogen and oxygen atoms in total. The van der Waals surface area contributed by atoms with Crippen LogP contribution in [-0.2, 0) is 19.5 Å². The van der Waals surface area contributed by atoms with Crippen molar-refractivity contribution in [1.82, 2.24) is 19.9 Å². The number of pyridine rings is 1. The Bertz CT molecular complexity index is 1110. The number of imidazole rings is 1. The Balaban J connectivity index is 1.55. The molecule has 0 bridgehead atoms. The summed E-state index contributed by atoms with van der Waals surface area (Å²) in [6.45, 7) is 0.558. The van der Waals surface area contributed by atoms with Gasteiger partial charge < -0.3 is 14.9 Å². The number of H-pyrrole nitrogens is 1. The molecule has 144 valence electrons. The van der Waals surface area contributed by atoms with E-state index in [0.717, 1.165) is 5.69 Å². The van der Waals surface area contributed by atoms with Gasteiger partial charge in [0.05, 0.1) is 22.8 Å². The molecule has 0 spiro atoms. The first kappa shape index (κ1) is 18.8. The third-order valence-electron chi connectivity index (χ3n) is 4.86. The Morgan fingerprint density at radius 3 is 2.96 bits per heavy atom. The molecule has 3 aromatic rings. The van der Waals surface area contributed by atoms with Crippen LogP contribution in [0.5, 0.6) is 0 Å². The van der Waals surface area contributed by atoms with Gasteiger partial charge in [0.25, 0.3) is 5.91 Å². The summed E-state index contributed by atoms with van der Waals surface area (Å²) in [4.78, 5) is 19.2. The van der Waals surface area contributed by atoms with Gasteiger partial charge in [0.1, 0.15) is 11.6 Å². The van der Waals surface area contributed by atoms with Crippen LogP contribution in [0.1, 0.15) is 33.2 Å². The van der Waals surface area contributed by atoms with Crippen molar-refractivity contribution in [3.63, 3.8) is 0 Å². The van der Waals surface area contributed by atoms with E-state index in [1.165, 1.54) is 18.3 Å². The number of nitrogens with one attached hydrogen (secondary N) is 2. The van der Waals surface area contributed by atoms with E-state index in [2.05, 4.69) is 15.3 Å². The quantitative estimate of drug-likeness (QED) is 0.492. The summed E-state index contributed by atoms with van der Waals surface area (Å²) in [6.07, 6.45) is 3.45. The summed E-state index contributed by atoms with van der Waals surface area (Å²) in [6, 6.07) is 5.72. The Labute approximate surface area is 169 Å². The molecule has 3 heterocycles. The lowest BCUT2D eigenvalue weighted by molar-refractivity contribution is 0.0950. The topological polar surface area (TPSA) is 62.7 Å². The molecular formula is C19H15ClF2N4OS. The average Bonchev–Trinajstić information content (AvgIpc) is 3.24. The summed E-state index contributed by atoms with van der Waals surface area (Å²) in [5.41, 5.74) is 1.95. The molecule has 0 saturated heterocycles. The molecule has 1 amide bonds. The lowest BCUT2D eigenvalue weighted by Gasteiger charge is -2.13. The number of benzene rings is 1. The van der Waals surface area contributed by atoms with Crippen LogP contribution in [0.2, 0.25) is 5.02 Å². The predicted octanol–water partition coefficient (Wildman–Crippen LogP) is 4.14. The number of aromatic amines is 1. The first-order valence-electron chi connectivity index (χ1n) is 8.58. The van der Waals surface area contributed by atoms with Crippen molar-refractivity contribution in [3.05, 3.63) is 80.6 Å². The van der Waals surface area contributed by atoms with E-state index in [1.54, 1.807) is 18.3 Å². The molecule has 2 aromatic heterocycles. The molecule has 0 aliphatic carbocycles. The van der Waals surface area contributed by atoms with Crippen LogP contribution in [0.4, 0.5) is 8.78 Å². The largest absolute Gasteiger partial charge is 0.346 e. The van der Waals surface area contributed by atoms with E-state index in [1.807, 2.05) is 4.57 Å². The third kappa shape index (κ3) is 3.33. The van der Waals surface area contributed by atoms with Crippen molar-refractivity contribution in [2.75, 3.05) is 0 Å². The van der Waals surface area contributed by atoms with Crippen molar-refractivity contribution >= 4 is 29.7 Å². The van der Waals surface area contributed by atoms with Crippen molar-refractivity contribution in [1.29, 1.82) is 0 Å². The molecule has 0 fully saturated rings. The van der Waals surface area contributed by atoms with Gasteiger partial charge in [-0.1, -0.05) is 11.6 Å². The van der Waals surface area contributed by atoms with Crippen molar-refractivity contribution in [3.8, 4) is 0 Å². The molecule has 2 N–H and O–H groups in total. The highest BCUT2D eigenvalue weighted by Crippen LogP contribution is 2.36. The first-order chi connectivity index (χ1) is 13.5. The number of rotatable bonds is 4. The Hall–Kier alpha value is -2.58. The van der Waals surface area contributed by atoms with Crippen molar-refractivity contribution in [2.24, 2.45) is 0 Å². The van der Waals surface area contributed by atoms with Crippen LogP contribution in [0.15, 0.2) is 36.7 Å². The minimum absolute atomic E-state index is 0.0315. The normalized spacial score (nSPS) is 15.5. The number of nitrogens with zero attached hydrogens (tertiary/aromatic N) is 2. The monoisotopic (exact) mass is 420 g/mol. The molecule has 9 heteroatoms. The minimum Gasteiger partial charge on any atom is -0.346 e. The van der Waals surface area contributed by atoms with Crippen molar-refractivity contribution < 1.29 is 13.6 Å². The zero-order chi connectivity index (χ0) is 19.8. The molecule has 0 unspecified atom stereocenters. The van der Waals surface area contributed by atoms with E-state index in [4.69, 9.17) is 23.8 Å². The fraction of sp³-hybridized carbons (Fsp3) is 0.211. The summed E-state index contributed by atoms with van der Waals surface area (Å²) in [7, 11) is 0. The number of halogens is 3. The van der Waals surface area contributed by atoms with Gasteiger partial charge in [-0.25, -0.2) is 8.78 Å². The molecule has 28 heavy (non-hydrogen) atoms. The van der Waals surface area contributed by atoms with E-state index < -0.39 is 17.6 Å². The number of carbonyl (C=O) groups is 1. The third-order valence-corrected chi connectivity index (χ3v) is 5.47. The summed E-state index contributed by atoms with van der Waals surface area (Å²) < 4.78 is 30.9. The van der Waals surface area contributed by atoms with Gasteiger partial charge >= 0.3 is 0 Å². The lowest BCUT2D eigenvalue weighted by Crippen LogP contribution is -2.23. The second-order valence-corrected chi connectivity index (χ2v) is 7.34. The van der Waals surface area contributed by atoms with E-state index in [9.17, 15) is 13.6 Å². The zero-order valence-corrected chi connectivity index (χ0v) is 16.1. The van der Waals surface area contributed by atoms with Gasteiger partial charge in [0, 0.05) is 36.1 Å². The summed E-state index contributed by atoms with van der Waals surface area (Å²) >= 11 is 11.2. The maximum atomic E-state index is 14.4. The average molecular weight is 421 g/mol. The number of fused-ring (bicyclic) bond motifs is 1. The highest BCUT2D eigenvalue weighted by molar-refractivity contribution is 7.71. The maximum absolute atomic E-state index is 14.4. The molecular weight excluding hydrogens is 406 g/mol. The molecule has 1 aliphatic heterocycles. The SMILES string of the molecule is O=C(NCc1[nH]c(=S)n2c1C[C@@H](c1c(F)ccc(Cl)c1F)C2)c1cccnc1. The fourth-order valence-corrected chi connectivity index (χ4v) is 4.00. The molecule has 4 rings (SSSR count). The van der Waals surface area contributed by atoms with Crippen LogP contribution < -0.4 is 5.32 Å². The highest BCUT2D eigenvalue weighted by atomic mass is 35.5. The highest BCUT2D eigenvalue weighted by Gasteiger charge is 2.31. The number of amides is 1. The Kier molecular flexibility index (Phi) is 4.99. The second kappa shape index (κ2) is 7.44. The lowest BCUT2D eigenvalue weighted by atomic mass is 9.95. The van der Waals surface area contributed by atoms with Crippen LogP contribution in [0.3, 0.4) is 0 Å². The van der Waals surface area contributed by atoms with E-state index >= 15 is 0 Å². The number of hydrogen-bond acceptors (Lipinski definition) is 3. The number of hydrogen-bond donors (Lipinski definition) is 2. The standard InChI is InChI=1S/C19H15ClF2N4OS/c20-12-3-4-13(21)16(17(12)22)11-6-15-14(25-19(28)26(15)9-11)8-24-18(27)10-2-1-5-23-7-10/h1-5,7,11H,6,8-9H2,(H,24,27)(H,25,28)/t11-/m1/s1. The first-order valence-corrected chi connectivity index (χ1v) is 9.36. The molecule has 1 atom stereocenters. The van der Waals surface area contributed by atoms with Crippen LogP contribution in [0.25, 0.3) is 0 Å². The molecule has 0 saturated carbocycles. The number of aromatic nitrogens is 3. The molecule has 0 radical (unpaired) electrons. The summed E-state index contributed by atoms with van der Waals surface area (Å²) in [5, 5.41) is 2.70. The Morgan fingerprint density at radius 2 is 2.21 bits per heavy atom. The van der Waals surface area contributed by atoms with Gasteiger partial charge in [0.15, 0.2) is 4.77 Å². The van der Waals surface area contributed by atoms with Crippen LogP contribution in [0, 0.1) is 16.4 Å². The van der Waals surface area contributed by atoms with E-state index in [-0.39, 0.29) is 23.0 Å². The van der Waals surface area contributed by atoms with Crippen LogP contribution >= 0.6 is 23.8 Å². The van der Waals surface area contributed by atoms with Gasteiger partial charge in [0.2, 0.25) is 0 Å². The van der Waals surface area contributed by atoms with Crippen LogP contribution in [-0.4, -0.2) is 20.4 Å². The van der Waals surface area contributed by atoms with Crippen molar-refractivity contribution in [2.45, 2.75) is 25.4 Å². The predicted molar refractivity (Wildman–Crippen MR) is 103 cm³/mol. The van der Waals surface area contributed by atoms with Gasteiger partial charge in [-0.05, 0) is 42.9 Å². The minimum atomic E-state index is -0.737. The van der Waals surface area contributed by atoms with Gasteiger partial charge in [-0.3, -0.25) is 9.78 Å². The smallest absolute Gasteiger partial charge is 0.253 e. The van der Waals surface area contributed by atoms with Gasteiger partial charge in [-0.2, -0.15) is 0 Å². The number of carbonyl (C=O) groups excluding carboxylic acids is 1. The fourth-order valence-electron chi connectivity index (χ4n) is 3.52. The zero-order valence-electron chi connectivity index (χ0n) is 14.5. The summed E-state index contributed by atoms with van der Waals surface area (Å²) in [5.74, 6) is -2.05. The molecule has 1 aromatic carbocycles. The molecule has 1 aliphatic rings. The second-order valence-electron chi connectivity index (χ2n) is 6.55. The maximum Gasteiger partial charge on any atom is 0.253 e. The van der Waals surface area contributed by atoms with E-state index in [0.29, 0.717) is 29.0 Å².